The molecule has 2 aromatic carbocycles. The first-order chi connectivity index (χ1) is 14.1. The lowest BCUT2D eigenvalue weighted by Crippen LogP contribution is -2.16. The Kier molecular flexibility index (Phi) is 6.14. The van der Waals surface area contributed by atoms with Gasteiger partial charge in [-0.15, -0.1) is 0 Å². The van der Waals surface area contributed by atoms with E-state index in [4.69, 9.17) is 14.0 Å². The monoisotopic (exact) mass is 431 g/mol. The predicted octanol–water partition coefficient (Wildman–Crippen LogP) is 3.46. The van der Waals surface area contributed by atoms with Crippen LogP contribution >= 0.6 is 0 Å². The highest BCUT2D eigenvalue weighted by Gasteiger charge is 2.26. The SMILES string of the molecule is COc1cc2ncnc(N3CCc4ccc(C)c(C)c43)c2cc1OC.CS(=O)(=O)O. The second-order valence-corrected chi connectivity index (χ2v) is 8.54. The molecule has 0 atom stereocenters. The van der Waals surface area contributed by atoms with Crippen LogP contribution < -0.4 is 14.4 Å². The number of nitrogens with zero attached hydrogens (tertiary/aromatic N) is 3. The summed E-state index contributed by atoms with van der Waals surface area (Å²) < 4.78 is 36.7. The van der Waals surface area contributed by atoms with Gasteiger partial charge in [0.1, 0.15) is 12.1 Å². The molecule has 1 aromatic heterocycles. The fraction of sp³-hybridized carbons (Fsp3) is 0.333. The van der Waals surface area contributed by atoms with Gasteiger partial charge in [0.15, 0.2) is 11.5 Å². The lowest BCUT2D eigenvalue weighted by atomic mass is 10.0. The van der Waals surface area contributed by atoms with E-state index in [-0.39, 0.29) is 0 Å². The van der Waals surface area contributed by atoms with Gasteiger partial charge in [0.05, 0.1) is 26.0 Å². The van der Waals surface area contributed by atoms with Crippen molar-refractivity contribution in [3.63, 3.8) is 0 Å². The second-order valence-electron chi connectivity index (χ2n) is 7.07. The van der Waals surface area contributed by atoms with Crippen molar-refractivity contribution >= 4 is 32.5 Å². The summed E-state index contributed by atoms with van der Waals surface area (Å²) >= 11 is 0. The van der Waals surface area contributed by atoms with E-state index in [1.165, 1.54) is 22.4 Å². The molecule has 0 aliphatic carbocycles. The van der Waals surface area contributed by atoms with E-state index < -0.39 is 10.1 Å². The maximum Gasteiger partial charge on any atom is 0.261 e. The molecule has 2 heterocycles. The van der Waals surface area contributed by atoms with Crippen LogP contribution in [0.2, 0.25) is 0 Å². The third-order valence-corrected chi connectivity index (χ3v) is 5.04. The molecule has 0 amide bonds. The molecular formula is C21H25N3O5S. The smallest absolute Gasteiger partial charge is 0.261 e. The van der Waals surface area contributed by atoms with Gasteiger partial charge < -0.3 is 14.4 Å². The van der Waals surface area contributed by atoms with E-state index in [1.54, 1.807) is 20.5 Å². The molecule has 1 aliphatic heterocycles. The Morgan fingerprint density at radius 3 is 2.33 bits per heavy atom. The third-order valence-electron chi connectivity index (χ3n) is 5.04. The number of aromatic nitrogens is 2. The minimum atomic E-state index is -3.67. The number of ether oxygens (including phenoxy) is 2. The third kappa shape index (κ3) is 4.47. The first-order valence-electron chi connectivity index (χ1n) is 9.29. The van der Waals surface area contributed by atoms with Crippen LogP contribution in [0.5, 0.6) is 11.5 Å². The lowest BCUT2D eigenvalue weighted by Gasteiger charge is -2.23. The predicted molar refractivity (Wildman–Crippen MR) is 117 cm³/mol. The summed E-state index contributed by atoms with van der Waals surface area (Å²) in [7, 11) is -0.388. The number of hydrogen-bond acceptors (Lipinski definition) is 7. The van der Waals surface area contributed by atoms with Gasteiger partial charge in [0, 0.05) is 23.7 Å². The van der Waals surface area contributed by atoms with E-state index in [0.29, 0.717) is 17.8 Å². The van der Waals surface area contributed by atoms with E-state index in [9.17, 15) is 8.42 Å². The molecule has 3 aromatic rings. The normalized spacial score (nSPS) is 12.9. The molecule has 4 rings (SSSR count). The number of hydrogen-bond donors (Lipinski definition) is 1. The summed E-state index contributed by atoms with van der Waals surface area (Å²) in [6.07, 6.45) is 3.36. The maximum atomic E-state index is 9.19. The topological polar surface area (TPSA) is 102 Å². The quantitative estimate of drug-likeness (QED) is 0.629. The summed E-state index contributed by atoms with van der Waals surface area (Å²) in [4.78, 5) is 11.3. The van der Waals surface area contributed by atoms with Crippen LogP contribution in [-0.4, -0.2) is 50.0 Å². The molecule has 8 nitrogen and oxygen atoms in total. The van der Waals surface area contributed by atoms with Crippen molar-refractivity contribution < 1.29 is 22.4 Å². The molecule has 0 radical (unpaired) electrons. The number of anilines is 2. The van der Waals surface area contributed by atoms with Gasteiger partial charge in [-0.1, -0.05) is 12.1 Å². The number of fused-ring (bicyclic) bond motifs is 2. The van der Waals surface area contributed by atoms with Crippen LogP contribution in [0.4, 0.5) is 11.5 Å². The van der Waals surface area contributed by atoms with Crippen LogP contribution in [0.3, 0.4) is 0 Å². The average molecular weight is 432 g/mol. The van der Waals surface area contributed by atoms with Crippen LogP contribution in [0.15, 0.2) is 30.6 Å². The molecule has 1 N–H and O–H groups in total. The van der Waals surface area contributed by atoms with Crippen LogP contribution in [-0.2, 0) is 16.5 Å². The molecule has 0 bridgehead atoms. The summed E-state index contributed by atoms with van der Waals surface area (Å²) in [6, 6.07) is 8.29. The molecule has 1 aliphatic rings. The fourth-order valence-electron chi connectivity index (χ4n) is 3.58. The lowest BCUT2D eigenvalue weighted by molar-refractivity contribution is 0.356. The van der Waals surface area contributed by atoms with Gasteiger partial charge in [0.2, 0.25) is 0 Å². The van der Waals surface area contributed by atoms with Crippen molar-refractivity contribution in [2.75, 3.05) is 31.9 Å². The van der Waals surface area contributed by atoms with Gasteiger partial charge in [-0.3, -0.25) is 4.55 Å². The Hall–Kier alpha value is -2.91. The zero-order valence-corrected chi connectivity index (χ0v) is 18.4. The Labute approximate surface area is 176 Å². The molecule has 0 saturated carbocycles. The Bertz CT molecular complexity index is 1190. The average Bonchev–Trinajstić information content (AvgIpc) is 3.12. The summed E-state index contributed by atoms with van der Waals surface area (Å²) in [5.41, 5.74) is 6.09. The van der Waals surface area contributed by atoms with E-state index >= 15 is 0 Å². The molecule has 9 heteroatoms. The van der Waals surface area contributed by atoms with E-state index in [2.05, 4.69) is 40.8 Å². The molecule has 30 heavy (non-hydrogen) atoms. The van der Waals surface area contributed by atoms with Gasteiger partial charge in [-0.05, 0) is 43.0 Å². The number of aryl methyl sites for hydroxylation is 1. The van der Waals surface area contributed by atoms with Gasteiger partial charge in [0.25, 0.3) is 10.1 Å². The van der Waals surface area contributed by atoms with Crippen LogP contribution in [0, 0.1) is 13.8 Å². The maximum absolute atomic E-state index is 9.19. The number of benzene rings is 2. The molecule has 0 fully saturated rings. The highest BCUT2D eigenvalue weighted by atomic mass is 32.2. The second kappa shape index (κ2) is 8.45. The van der Waals surface area contributed by atoms with Crippen molar-refractivity contribution in [2.45, 2.75) is 20.3 Å². The molecule has 160 valence electrons. The standard InChI is InChI=1S/C20H21N3O2.CH4O3S/c1-12-5-6-14-7-8-23(19(14)13(12)2)20-15-9-17(24-3)18(25-4)10-16(15)21-11-22-20;1-5(2,3)4/h5-6,9-11H,7-8H2,1-4H3;1H3,(H,2,3,4). The van der Waals surface area contributed by atoms with Crippen molar-refractivity contribution in [1.29, 1.82) is 0 Å². The molecule has 0 unspecified atom stereocenters. The first kappa shape index (κ1) is 21.8. The van der Waals surface area contributed by atoms with Crippen LogP contribution in [0.25, 0.3) is 10.9 Å². The minimum Gasteiger partial charge on any atom is -0.493 e. The summed E-state index contributed by atoms with van der Waals surface area (Å²) in [5.74, 6) is 2.28. The van der Waals surface area contributed by atoms with E-state index in [1.807, 2.05) is 12.1 Å². The van der Waals surface area contributed by atoms with Crippen molar-refractivity contribution in [3.05, 3.63) is 47.3 Å². The molecule has 0 saturated heterocycles. The highest BCUT2D eigenvalue weighted by Crippen LogP contribution is 2.41. The summed E-state index contributed by atoms with van der Waals surface area (Å²) in [5, 5.41) is 0.967. The Balaban J connectivity index is 0.000000461. The van der Waals surface area contributed by atoms with Gasteiger partial charge in [-0.25, -0.2) is 9.97 Å². The number of rotatable bonds is 3. The van der Waals surface area contributed by atoms with Gasteiger partial charge >= 0.3 is 0 Å². The zero-order valence-electron chi connectivity index (χ0n) is 17.6. The van der Waals surface area contributed by atoms with Crippen molar-refractivity contribution in [2.24, 2.45) is 0 Å². The summed E-state index contributed by atoms with van der Waals surface area (Å²) in [6.45, 7) is 5.25. The number of methoxy groups -OCH3 is 2. The van der Waals surface area contributed by atoms with Crippen molar-refractivity contribution in [1.82, 2.24) is 9.97 Å². The Morgan fingerprint density at radius 2 is 1.70 bits per heavy atom. The largest absolute Gasteiger partial charge is 0.493 e. The minimum absolute atomic E-state index is 0.675. The van der Waals surface area contributed by atoms with Crippen molar-refractivity contribution in [3.8, 4) is 11.5 Å². The van der Waals surface area contributed by atoms with Gasteiger partial charge in [-0.2, -0.15) is 8.42 Å². The molecular weight excluding hydrogens is 406 g/mol. The highest BCUT2D eigenvalue weighted by molar-refractivity contribution is 7.85. The van der Waals surface area contributed by atoms with Crippen LogP contribution in [0.1, 0.15) is 16.7 Å². The zero-order chi connectivity index (χ0) is 22.1. The Morgan fingerprint density at radius 1 is 1.07 bits per heavy atom. The van der Waals surface area contributed by atoms with E-state index in [0.717, 1.165) is 29.7 Å². The first-order valence-corrected chi connectivity index (χ1v) is 11.1. The fourth-order valence-corrected chi connectivity index (χ4v) is 3.58. The molecule has 0 spiro atoms.